The Morgan fingerprint density at radius 1 is 1.40 bits per heavy atom. The van der Waals surface area contributed by atoms with Crippen molar-refractivity contribution in [3.8, 4) is 10.6 Å². The molecular formula is C15H22N2OS2. The van der Waals surface area contributed by atoms with Gasteiger partial charge in [-0.2, -0.15) is 11.3 Å². The lowest BCUT2D eigenvalue weighted by Crippen LogP contribution is -2.43. The highest BCUT2D eigenvalue weighted by Crippen LogP contribution is 2.29. The van der Waals surface area contributed by atoms with Crippen molar-refractivity contribution in [3.05, 3.63) is 27.9 Å². The Morgan fingerprint density at radius 2 is 2.15 bits per heavy atom. The fourth-order valence-electron chi connectivity index (χ4n) is 2.33. The number of hydrogen-bond acceptors (Lipinski definition) is 5. The molecular weight excluding hydrogens is 288 g/mol. The zero-order valence-electron chi connectivity index (χ0n) is 12.5. The number of hydrogen-bond donors (Lipinski definition) is 1. The Labute approximate surface area is 128 Å². The maximum absolute atomic E-state index is 9.61. The summed E-state index contributed by atoms with van der Waals surface area (Å²) in [7, 11) is 2.07. The minimum absolute atomic E-state index is 0.0599. The monoisotopic (exact) mass is 310 g/mol. The van der Waals surface area contributed by atoms with Gasteiger partial charge in [-0.3, -0.25) is 4.90 Å². The van der Waals surface area contributed by atoms with Crippen LogP contribution in [0.5, 0.6) is 0 Å². The molecule has 1 atom stereocenters. The highest BCUT2D eigenvalue weighted by molar-refractivity contribution is 7.15. The zero-order valence-corrected chi connectivity index (χ0v) is 14.1. The van der Waals surface area contributed by atoms with Crippen LogP contribution in [0.1, 0.15) is 25.6 Å². The molecule has 0 aliphatic rings. The first-order valence-corrected chi connectivity index (χ1v) is 8.46. The van der Waals surface area contributed by atoms with Crippen LogP contribution in [0.2, 0.25) is 0 Å². The minimum atomic E-state index is 0.0599. The molecule has 0 aromatic carbocycles. The highest BCUT2D eigenvalue weighted by Gasteiger charge is 2.27. The smallest absolute Gasteiger partial charge is 0.124 e. The van der Waals surface area contributed by atoms with E-state index < -0.39 is 0 Å². The number of nitrogens with zero attached hydrogens (tertiary/aromatic N) is 2. The van der Waals surface area contributed by atoms with Crippen LogP contribution in [0.4, 0.5) is 0 Å². The Kier molecular flexibility index (Phi) is 4.96. The first-order valence-electron chi connectivity index (χ1n) is 6.70. The molecule has 2 heterocycles. The summed E-state index contributed by atoms with van der Waals surface area (Å²) >= 11 is 3.42. The predicted octanol–water partition coefficient (Wildman–Crippen LogP) is 3.71. The molecule has 0 radical (unpaired) electrons. The summed E-state index contributed by atoms with van der Waals surface area (Å²) in [5, 5.41) is 14.9. The predicted molar refractivity (Wildman–Crippen MR) is 87.2 cm³/mol. The lowest BCUT2D eigenvalue weighted by molar-refractivity contribution is 0.0620. The van der Waals surface area contributed by atoms with Gasteiger partial charge in [0.25, 0.3) is 0 Å². The Hall–Kier alpha value is -0.750. The van der Waals surface area contributed by atoms with Gasteiger partial charge in [-0.15, -0.1) is 11.3 Å². The lowest BCUT2D eigenvalue weighted by Gasteiger charge is -2.36. The van der Waals surface area contributed by atoms with E-state index in [-0.39, 0.29) is 18.1 Å². The third kappa shape index (κ3) is 3.67. The van der Waals surface area contributed by atoms with Crippen LogP contribution in [0, 0.1) is 5.41 Å². The van der Waals surface area contributed by atoms with Gasteiger partial charge in [0.15, 0.2) is 0 Å². The van der Waals surface area contributed by atoms with Crippen LogP contribution in [0.25, 0.3) is 10.6 Å². The lowest BCUT2D eigenvalue weighted by atomic mass is 9.86. The van der Waals surface area contributed by atoms with Gasteiger partial charge in [0, 0.05) is 34.6 Å². The van der Waals surface area contributed by atoms with Gasteiger partial charge in [0.1, 0.15) is 5.01 Å². The van der Waals surface area contributed by atoms with Crippen molar-refractivity contribution in [3.63, 3.8) is 0 Å². The number of thiophene rings is 1. The van der Waals surface area contributed by atoms with Gasteiger partial charge >= 0.3 is 0 Å². The van der Waals surface area contributed by atoms with E-state index in [4.69, 9.17) is 0 Å². The van der Waals surface area contributed by atoms with Crippen molar-refractivity contribution >= 4 is 22.7 Å². The second-order valence-electron chi connectivity index (χ2n) is 6.12. The van der Waals surface area contributed by atoms with Gasteiger partial charge < -0.3 is 5.11 Å². The number of likely N-dealkylation sites (N-methyl/N-ethyl adjacent to an activating group) is 1. The maximum Gasteiger partial charge on any atom is 0.124 e. The molecule has 1 unspecified atom stereocenters. The van der Waals surface area contributed by atoms with Crippen molar-refractivity contribution in [2.24, 2.45) is 5.41 Å². The highest BCUT2D eigenvalue weighted by atomic mass is 32.1. The summed E-state index contributed by atoms with van der Waals surface area (Å²) in [4.78, 5) is 7.94. The molecule has 2 rings (SSSR count). The third-order valence-corrected chi connectivity index (χ3v) is 5.15. The number of rotatable bonds is 5. The summed E-state index contributed by atoms with van der Waals surface area (Å²) < 4.78 is 0. The molecule has 0 saturated carbocycles. The third-order valence-electron chi connectivity index (χ3n) is 3.43. The molecule has 0 amide bonds. The van der Waals surface area contributed by atoms with Crippen molar-refractivity contribution < 1.29 is 5.11 Å². The first-order chi connectivity index (χ1) is 9.41. The summed E-state index contributed by atoms with van der Waals surface area (Å²) in [6, 6.07) is 2.25. The molecule has 2 aromatic heterocycles. The molecule has 3 nitrogen and oxygen atoms in total. The van der Waals surface area contributed by atoms with Gasteiger partial charge in [-0.05, 0) is 23.9 Å². The van der Waals surface area contributed by atoms with E-state index in [1.54, 1.807) is 22.7 Å². The second kappa shape index (κ2) is 6.35. The number of aromatic nitrogens is 1. The number of aliphatic hydroxyl groups is 1. The van der Waals surface area contributed by atoms with E-state index in [0.29, 0.717) is 0 Å². The van der Waals surface area contributed by atoms with Crippen LogP contribution < -0.4 is 0 Å². The van der Waals surface area contributed by atoms with Crippen molar-refractivity contribution in [2.75, 3.05) is 13.7 Å². The molecule has 0 bridgehead atoms. The van der Waals surface area contributed by atoms with E-state index in [9.17, 15) is 5.11 Å². The van der Waals surface area contributed by atoms with Crippen LogP contribution in [0.3, 0.4) is 0 Å². The van der Waals surface area contributed by atoms with Gasteiger partial charge in [0.2, 0.25) is 0 Å². The largest absolute Gasteiger partial charge is 0.395 e. The van der Waals surface area contributed by atoms with E-state index in [0.717, 1.165) is 11.6 Å². The SMILES string of the molecule is CN(Cc1cnc(-c2ccsc2)s1)C(CO)C(C)(C)C. The summed E-state index contributed by atoms with van der Waals surface area (Å²) in [5.41, 5.74) is 1.26. The average Bonchev–Trinajstić information content (AvgIpc) is 2.96. The molecule has 2 aromatic rings. The van der Waals surface area contributed by atoms with Gasteiger partial charge in [-0.25, -0.2) is 4.98 Å². The normalized spacial score (nSPS) is 13.9. The Bertz CT molecular complexity index is 528. The van der Waals surface area contributed by atoms with E-state index in [1.165, 1.54) is 10.4 Å². The number of thiazole rings is 1. The van der Waals surface area contributed by atoms with Crippen molar-refractivity contribution in [1.82, 2.24) is 9.88 Å². The molecule has 5 heteroatoms. The van der Waals surface area contributed by atoms with E-state index in [1.807, 2.05) is 6.20 Å². The number of aliphatic hydroxyl groups excluding tert-OH is 1. The van der Waals surface area contributed by atoms with Crippen LogP contribution in [-0.2, 0) is 6.54 Å². The Balaban J connectivity index is 2.07. The molecule has 110 valence electrons. The molecule has 0 spiro atoms. The van der Waals surface area contributed by atoms with Crippen LogP contribution >= 0.6 is 22.7 Å². The van der Waals surface area contributed by atoms with Crippen molar-refractivity contribution in [2.45, 2.75) is 33.4 Å². The van der Waals surface area contributed by atoms with Crippen molar-refractivity contribution in [1.29, 1.82) is 0 Å². The average molecular weight is 310 g/mol. The maximum atomic E-state index is 9.61. The van der Waals surface area contributed by atoms with Crippen LogP contribution in [-0.4, -0.2) is 34.7 Å². The molecule has 20 heavy (non-hydrogen) atoms. The summed E-state index contributed by atoms with van der Waals surface area (Å²) in [6.07, 6.45) is 1.95. The molecule has 1 N–H and O–H groups in total. The molecule has 0 saturated heterocycles. The summed E-state index contributed by atoms with van der Waals surface area (Å²) in [6.45, 7) is 7.48. The molecule has 0 aliphatic heterocycles. The fourth-order valence-corrected chi connectivity index (χ4v) is 4.02. The standard InChI is InChI=1S/C15H22N2OS2/c1-15(2,3)13(9-18)17(4)8-12-7-16-14(20-12)11-5-6-19-10-11/h5-7,10,13,18H,8-9H2,1-4H3. The van der Waals surface area contributed by atoms with Gasteiger partial charge in [0.05, 0.1) is 6.61 Å². The molecule has 0 aliphatic carbocycles. The topological polar surface area (TPSA) is 36.4 Å². The quantitative estimate of drug-likeness (QED) is 0.914. The zero-order chi connectivity index (χ0) is 14.8. The summed E-state index contributed by atoms with van der Waals surface area (Å²) in [5.74, 6) is 0. The minimum Gasteiger partial charge on any atom is -0.395 e. The van der Waals surface area contributed by atoms with E-state index in [2.05, 4.69) is 54.5 Å². The second-order valence-corrected chi connectivity index (χ2v) is 8.02. The van der Waals surface area contributed by atoms with Gasteiger partial charge in [-0.1, -0.05) is 20.8 Å². The first kappa shape index (κ1) is 15.6. The fraction of sp³-hybridized carbons (Fsp3) is 0.533. The molecule has 0 fully saturated rings. The van der Waals surface area contributed by atoms with Crippen LogP contribution in [0.15, 0.2) is 23.0 Å². The Morgan fingerprint density at radius 3 is 2.70 bits per heavy atom. The van der Waals surface area contributed by atoms with E-state index >= 15 is 0 Å².